The minimum absolute atomic E-state index is 0.170. The van der Waals surface area contributed by atoms with Crippen LogP contribution in [0.15, 0.2) is 47.4 Å². The van der Waals surface area contributed by atoms with Crippen molar-refractivity contribution in [1.82, 2.24) is 4.98 Å². The lowest BCUT2D eigenvalue weighted by atomic mass is 10.2. The first-order valence-corrected chi connectivity index (χ1v) is 9.59. The molecule has 0 saturated carbocycles. The molecule has 0 bridgehead atoms. The van der Waals surface area contributed by atoms with Crippen LogP contribution in [-0.2, 0) is 9.84 Å². The summed E-state index contributed by atoms with van der Waals surface area (Å²) in [6.07, 6.45) is 1.12. The molecule has 1 heterocycles. The van der Waals surface area contributed by atoms with Crippen molar-refractivity contribution in [2.75, 3.05) is 11.6 Å². The van der Waals surface area contributed by atoms with E-state index in [-0.39, 0.29) is 10.8 Å². The average molecular weight is 367 g/mol. The second-order valence-corrected chi connectivity index (χ2v) is 8.36. The molecule has 0 saturated heterocycles. The molecular formula is C15H11ClN2O3S2. The Kier molecular flexibility index (Phi) is 4.09. The number of rotatable bonds is 3. The number of carbonyl (C=O) groups is 1. The predicted octanol–water partition coefficient (Wildman–Crippen LogP) is 3.61. The highest BCUT2D eigenvalue weighted by Gasteiger charge is 2.12. The monoisotopic (exact) mass is 366 g/mol. The van der Waals surface area contributed by atoms with Gasteiger partial charge in [0.1, 0.15) is 0 Å². The quantitative estimate of drug-likeness (QED) is 0.768. The topological polar surface area (TPSA) is 76.1 Å². The molecule has 2 aromatic carbocycles. The fourth-order valence-corrected chi connectivity index (χ4v) is 3.74. The van der Waals surface area contributed by atoms with Crippen molar-refractivity contribution >= 4 is 54.0 Å². The molecule has 3 aromatic rings. The SMILES string of the molecule is CS(=O)(=O)c1ccc(C(=O)Nc2nc3ccc(Cl)cc3s2)cc1. The number of carbonyl (C=O) groups excluding carboxylic acids is 1. The Bertz CT molecular complexity index is 995. The minimum Gasteiger partial charge on any atom is -0.298 e. The summed E-state index contributed by atoms with van der Waals surface area (Å²) < 4.78 is 23.7. The Hall–Kier alpha value is -1.96. The van der Waals surface area contributed by atoms with Gasteiger partial charge >= 0.3 is 0 Å². The maximum Gasteiger partial charge on any atom is 0.257 e. The fraction of sp³-hybridized carbons (Fsp3) is 0.0667. The van der Waals surface area contributed by atoms with Crippen LogP contribution in [0.3, 0.4) is 0 Å². The molecule has 0 fully saturated rings. The van der Waals surface area contributed by atoms with Crippen LogP contribution < -0.4 is 5.32 Å². The molecule has 23 heavy (non-hydrogen) atoms. The van der Waals surface area contributed by atoms with Gasteiger partial charge in [0.25, 0.3) is 5.91 Å². The van der Waals surface area contributed by atoms with Crippen LogP contribution in [0, 0.1) is 0 Å². The number of benzene rings is 2. The summed E-state index contributed by atoms with van der Waals surface area (Å²) in [5, 5.41) is 3.77. The first-order valence-electron chi connectivity index (χ1n) is 6.50. The van der Waals surface area contributed by atoms with Crippen molar-refractivity contribution in [2.24, 2.45) is 0 Å². The summed E-state index contributed by atoms with van der Waals surface area (Å²) in [4.78, 5) is 16.7. The van der Waals surface area contributed by atoms with Crippen molar-refractivity contribution in [3.63, 3.8) is 0 Å². The van der Waals surface area contributed by atoms with Gasteiger partial charge in [-0.25, -0.2) is 13.4 Å². The molecular weight excluding hydrogens is 356 g/mol. The number of amides is 1. The molecule has 0 radical (unpaired) electrons. The summed E-state index contributed by atoms with van der Waals surface area (Å²) in [6.45, 7) is 0. The van der Waals surface area contributed by atoms with Gasteiger partial charge in [0, 0.05) is 16.8 Å². The molecule has 0 aliphatic rings. The lowest BCUT2D eigenvalue weighted by molar-refractivity contribution is 0.102. The van der Waals surface area contributed by atoms with E-state index in [9.17, 15) is 13.2 Å². The largest absolute Gasteiger partial charge is 0.298 e. The maximum atomic E-state index is 12.2. The summed E-state index contributed by atoms with van der Waals surface area (Å²) in [6, 6.07) is 11.0. The lowest BCUT2D eigenvalue weighted by Crippen LogP contribution is -2.11. The van der Waals surface area contributed by atoms with Crippen LogP contribution >= 0.6 is 22.9 Å². The van der Waals surface area contributed by atoms with Gasteiger partial charge in [0.05, 0.1) is 15.1 Å². The smallest absolute Gasteiger partial charge is 0.257 e. The van der Waals surface area contributed by atoms with Gasteiger partial charge < -0.3 is 0 Å². The predicted molar refractivity (Wildman–Crippen MR) is 92.1 cm³/mol. The number of sulfone groups is 1. The highest BCUT2D eigenvalue weighted by Crippen LogP contribution is 2.28. The van der Waals surface area contributed by atoms with E-state index in [0.29, 0.717) is 15.7 Å². The van der Waals surface area contributed by atoms with Gasteiger partial charge in [-0.3, -0.25) is 10.1 Å². The zero-order chi connectivity index (χ0) is 16.6. The number of halogens is 1. The zero-order valence-corrected chi connectivity index (χ0v) is 14.3. The van der Waals surface area contributed by atoms with E-state index in [1.165, 1.54) is 35.6 Å². The van der Waals surface area contributed by atoms with Crippen LogP contribution in [0.25, 0.3) is 10.2 Å². The summed E-state index contributed by atoms with van der Waals surface area (Å²) in [5.74, 6) is -0.352. The molecule has 3 rings (SSSR count). The van der Waals surface area contributed by atoms with E-state index >= 15 is 0 Å². The number of fused-ring (bicyclic) bond motifs is 1. The molecule has 5 nitrogen and oxygen atoms in total. The molecule has 0 aliphatic carbocycles. The zero-order valence-electron chi connectivity index (χ0n) is 11.9. The minimum atomic E-state index is -3.28. The highest BCUT2D eigenvalue weighted by molar-refractivity contribution is 7.90. The van der Waals surface area contributed by atoms with Gasteiger partial charge in [-0.1, -0.05) is 22.9 Å². The van der Waals surface area contributed by atoms with E-state index in [4.69, 9.17) is 11.6 Å². The van der Waals surface area contributed by atoms with Crippen molar-refractivity contribution < 1.29 is 13.2 Å². The van der Waals surface area contributed by atoms with Crippen molar-refractivity contribution in [1.29, 1.82) is 0 Å². The Morgan fingerprint density at radius 3 is 2.52 bits per heavy atom. The molecule has 1 aromatic heterocycles. The molecule has 0 unspecified atom stereocenters. The van der Waals surface area contributed by atoms with Crippen LogP contribution in [0.2, 0.25) is 5.02 Å². The second kappa shape index (κ2) is 5.92. The van der Waals surface area contributed by atoms with Crippen LogP contribution in [0.4, 0.5) is 5.13 Å². The van der Waals surface area contributed by atoms with Gasteiger partial charge in [-0.2, -0.15) is 0 Å². The van der Waals surface area contributed by atoms with Gasteiger partial charge in [-0.15, -0.1) is 0 Å². The number of hydrogen-bond donors (Lipinski definition) is 1. The molecule has 0 atom stereocenters. The Morgan fingerprint density at radius 1 is 1.17 bits per heavy atom. The molecule has 0 spiro atoms. The Morgan fingerprint density at radius 2 is 1.87 bits per heavy atom. The van der Waals surface area contributed by atoms with Crippen molar-refractivity contribution in [3.05, 3.63) is 53.1 Å². The summed E-state index contributed by atoms with van der Waals surface area (Å²) in [5.41, 5.74) is 1.11. The van der Waals surface area contributed by atoms with Crippen molar-refractivity contribution in [2.45, 2.75) is 4.90 Å². The van der Waals surface area contributed by atoms with E-state index in [1.807, 2.05) is 0 Å². The fourth-order valence-electron chi connectivity index (χ4n) is 1.97. The lowest BCUT2D eigenvalue weighted by Gasteiger charge is -2.03. The highest BCUT2D eigenvalue weighted by atomic mass is 35.5. The van der Waals surface area contributed by atoms with E-state index in [1.54, 1.807) is 18.2 Å². The van der Waals surface area contributed by atoms with Crippen molar-refractivity contribution in [3.8, 4) is 0 Å². The van der Waals surface area contributed by atoms with Crippen LogP contribution in [0.1, 0.15) is 10.4 Å². The molecule has 0 aliphatic heterocycles. The molecule has 1 N–H and O–H groups in total. The normalized spacial score (nSPS) is 11.6. The summed E-state index contributed by atoms with van der Waals surface area (Å²) >= 11 is 7.24. The molecule has 1 amide bonds. The number of hydrogen-bond acceptors (Lipinski definition) is 5. The first-order chi connectivity index (χ1) is 10.8. The third-order valence-electron chi connectivity index (χ3n) is 3.12. The number of nitrogens with one attached hydrogen (secondary N) is 1. The van der Waals surface area contributed by atoms with Crippen LogP contribution in [0.5, 0.6) is 0 Å². The third-order valence-corrected chi connectivity index (χ3v) is 5.41. The van der Waals surface area contributed by atoms with Crippen LogP contribution in [-0.4, -0.2) is 25.6 Å². The van der Waals surface area contributed by atoms with E-state index < -0.39 is 9.84 Å². The van der Waals surface area contributed by atoms with E-state index in [2.05, 4.69) is 10.3 Å². The number of aromatic nitrogens is 1. The van der Waals surface area contributed by atoms with Gasteiger partial charge in [-0.05, 0) is 42.5 Å². The first kappa shape index (κ1) is 15.9. The van der Waals surface area contributed by atoms with E-state index in [0.717, 1.165) is 16.5 Å². The number of thiazole rings is 1. The summed E-state index contributed by atoms with van der Waals surface area (Å²) in [7, 11) is -3.28. The molecule has 118 valence electrons. The third kappa shape index (κ3) is 3.52. The van der Waals surface area contributed by atoms with Gasteiger partial charge in [0.15, 0.2) is 15.0 Å². The average Bonchev–Trinajstić information content (AvgIpc) is 2.87. The maximum absolute atomic E-state index is 12.2. The van der Waals surface area contributed by atoms with Gasteiger partial charge in [0.2, 0.25) is 0 Å². The Labute approximate surface area is 141 Å². The Balaban J connectivity index is 1.82. The standard InChI is InChI=1S/C15H11ClN2O3S2/c1-23(20,21)11-5-2-9(3-6-11)14(19)18-15-17-12-7-4-10(16)8-13(12)22-15/h2-8H,1H3,(H,17,18,19). The number of nitrogens with zero attached hydrogens (tertiary/aromatic N) is 1. The molecule has 8 heteroatoms. The number of anilines is 1. The second-order valence-electron chi connectivity index (χ2n) is 4.88.